The first-order valence-corrected chi connectivity index (χ1v) is 6.43. The van der Waals surface area contributed by atoms with Gasteiger partial charge in [-0.1, -0.05) is 18.9 Å². The van der Waals surface area contributed by atoms with E-state index in [1.54, 1.807) is 12.1 Å². The van der Waals surface area contributed by atoms with Crippen molar-refractivity contribution in [3.05, 3.63) is 29.3 Å². The number of aryl methyl sites for hydroxylation is 1. The molecule has 2 atom stereocenters. The maximum absolute atomic E-state index is 12.2. The maximum Gasteiger partial charge on any atom is 0.251 e. The second kappa shape index (κ2) is 5.40. The number of anilines is 1. The summed E-state index contributed by atoms with van der Waals surface area (Å²) < 4.78 is 0. The predicted molar refractivity (Wildman–Crippen MR) is 71.3 cm³/mol. The molecule has 4 N–H and O–H groups in total. The lowest BCUT2D eigenvalue weighted by atomic mass is 9.92. The zero-order valence-electron chi connectivity index (χ0n) is 10.6. The van der Waals surface area contributed by atoms with Crippen LogP contribution in [0, 0.1) is 6.92 Å². The van der Waals surface area contributed by atoms with Gasteiger partial charge in [0.05, 0.1) is 12.1 Å². The molecule has 1 aliphatic rings. The summed E-state index contributed by atoms with van der Waals surface area (Å²) in [4.78, 5) is 12.2. The Bertz CT molecular complexity index is 445. The van der Waals surface area contributed by atoms with Crippen LogP contribution in [0.5, 0.6) is 0 Å². The quantitative estimate of drug-likeness (QED) is 0.696. The van der Waals surface area contributed by atoms with Crippen LogP contribution in [-0.2, 0) is 0 Å². The Morgan fingerprint density at radius 1 is 1.39 bits per heavy atom. The van der Waals surface area contributed by atoms with Gasteiger partial charge in [-0.3, -0.25) is 4.79 Å². The van der Waals surface area contributed by atoms with Gasteiger partial charge in [0.1, 0.15) is 0 Å². The minimum atomic E-state index is -0.427. The van der Waals surface area contributed by atoms with Gasteiger partial charge in [0.2, 0.25) is 0 Å². The lowest BCUT2D eigenvalue weighted by Crippen LogP contribution is -2.45. The summed E-state index contributed by atoms with van der Waals surface area (Å²) >= 11 is 0. The summed E-state index contributed by atoms with van der Waals surface area (Å²) in [6, 6.07) is 5.16. The second-order valence-electron chi connectivity index (χ2n) is 5.01. The van der Waals surface area contributed by atoms with Gasteiger partial charge < -0.3 is 16.2 Å². The van der Waals surface area contributed by atoms with Crippen molar-refractivity contribution in [3.8, 4) is 0 Å². The summed E-state index contributed by atoms with van der Waals surface area (Å²) in [5, 5.41) is 12.8. The topological polar surface area (TPSA) is 75.4 Å². The number of benzene rings is 1. The molecule has 0 aliphatic heterocycles. The highest BCUT2D eigenvalue weighted by atomic mass is 16.3. The third-order valence-corrected chi connectivity index (χ3v) is 3.55. The van der Waals surface area contributed by atoms with Crippen LogP contribution >= 0.6 is 0 Å². The smallest absolute Gasteiger partial charge is 0.251 e. The van der Waals surface area contributed by atoms with Crippen molar-refractivity contribution in [1.82, 2.24) is 5.32 Å². The number of carbonyl (C=O) groups is 1. The van der Waals surface area contributed by atoms with Crippen LogP contribution in [0.2, 0.25) is 0 Å². The molecule has 1 fully saturated rings. The highest BCUT2D eigenvalue weighted by Gasteiger charge is 2.25. The van der Waals surface area contributed by atoms with E-state index in [0.29, 0.717) is 11.3 Å². The number of amides is 1. The van der Waals surface area contributed by atoms with Crippen LogP contribution in [0.1, 0.15) is 41.6 Å². The molecule has 1 aliphatic carbocycles. The molecule has 1 amide bonds. The zero-order chi connectivity index (χ0) is 13.1. The molecular weight excluding hydrogens is 228 g/mol. The van der Waals surface area contributed by atoms with E-state index in [-0.39, 0.29) is 11.9 Å². The van der Waals surface area contributed by atoms with Crippen LogP contribution < -0.4 is 11.1 Å². The molecule has 1 aromatic rings. The minimum absolute atomic E-state index is 0.132. The molecule has 0 spiro atoms. The largest absolute Gasteiger partial charge is 0.399 e. The number of hydrogen-bond acceptors (Lipinski definition) is 3. The van der Waals surface area contributed by atoms with E-state index in [1.165, 1.54) is 0 Å². The van der Waals surface area contributed by atoms with Crippen molar-refractivity contribution in [1.29, 1.82) is 0 Å². The van der Waals surface area contributed by atoms with E-state index >= 15 is 0 Å². The number of carbonyl (C=O) groups excluding carboxylic acids is 1. The number of nitrogens with two attached hydrogens (primary N) is 1. The molecule has 4 nitrogen and oxygen atoms in total. The summed E-state index contributed by atoms with van der Waals surface area (Å²) in [6.07, 6.45) is 3.27. The van der Waals surface area contributed by atoms with Crippen molar-refractivity contribution < 1.29 is 9.90 Å². The van der Waals surface area contributed by atoms with Crippen molar-refractivity contribution >= 4 is 11.6 Å². The van der Waals surface area contributed by atoms with Gasteiger partial charge in [-0.15, -0.1) is 0 Å². The Kier molecular flexibility index (Phi) is 3.87. The Hall–Kier alpha value is -1.55. The van der Waals surface area contributed by atoms with Gasteiger partial charge in [0, 0.05) is 11.3 Å². The normalized spacial score (nSPS) is 23.7. The van der Waals surface area contributed by atoms with Gasteiger partial charge in [-0.25, -0.2) is 0 Å². The Morgan fingerprint density at radius 3 is 2.83 bits per heavy atom. The van der Waals surface area contributed by atoms with Crippen LogP contribution in [-0.4, -0.2) is 23.2 Å². The van der Waals surface area contributed by atoms with Crippen LogP contribution in [0.15, 0.2) is 18.2 Å². The number of hydrogen-bond donors (Lipinski definition) is 3. The van der Waals surface area contributed by atoms with Crippen molar-refractivity contribution in [2.24, 2.45) is 0 Å². The first-order valence-electron chi connectivity index (χ1n) is 6.43. The van der Waals surface area contributed by atoms with E-state index in [2.05, 4.69) is 5.32 Å². The monoisotopic (exact) mass is 248 g/mol. The first-order chi connectivity index (χ1) is 8.58. The fourth-order valence-corrected chi connectivity index (χ4v) is 2.41. The third-order valence-electron chi connectivity index (χ3n) is 3.55. The molecule has 4 heteroatoms. The fraction of sp³-hybridized carbons (Fsp3) is 0.500. The third kappa shape index (κ3) is 2.82. The minimum Gasteiger partial charge on any atom is -0.399 e. The summed E-state index contributed by atoms with van der Waals surface area (Å²) in [6.45, 7) is 1.88. The molecule has 2 unspecified atom stereocenters. The van der Waals surface area contributed by atoms with Crippen LogP contribution in [0.4, 0.5) is 5.69 Å². The molecule has 0 aromatic heterocycles. The lowest BCUT2D eigenvalue weighted by molar-refractivity contribution is 0.0717. The van der Waals surface area contributed by atoms with Crippen LogP contribution in [0.25, 0.3) is 0 Å². The molecule has 0 bridgehead atoms. The Labute approximate surface area is 107 Å². The number of aliphatic hydroxyl groups excluding tert-OH is 1. The summed E-state index contributed by atoms with van der Waals surface area (Å²) in [7, 11) is 0. The lowest BCUT2D eigenvalue weighted by Gasteiger charge is -2.28. The second-order valence-corrected chi connectivity index (χ2v) is 5.01. The van der Waals surface area contributed by atoms with Gasteiger partial charge >= 0.3 is 0 Å². The van der Waals surface area contributed by atoms with Gasteiger partial charge in [-0.05, 0) is 37.5 Å². The molecule has 1 aromatic carbocycles. The van der Waals surface area contributed by atoms with E-state index in [0.717, 1.165) is 31.2 Å². The van der Waals surface area contributed by atoms with E-state index < -0.39 is 6.10 Å². The fourth-order valence-electron chi connectivity index (χ4n) is 2.41. The Balaban J connectivity index is 2.09. The van der Waals surface area contributed by atoms with Crippen molar-refractivity contribution in [2.45, 2.75) is 44.8 Å². The van der Waals surface area contributed by atoms with Crippen molar-refractivity contribution in [2.75, 3.05) is 5.73 Å². The number of nitrogen functional groups attached to an aromatic ring is 1. The highest BCUT2D eigenvalue weighted by Crippen LogP contribution is 2.19. The van der Waals surface area contributed by atoms with Gasteiger partial charge in [0.15, 0.2) is 0 Å². The maximum atomic E-state index is 12.2. The SMILES string of the molecule is Cc1ccc(N)cc1C(=O)NC1CCCCC1O. The molecule has 0 heterocycles. The molecular formula is C14H20N2O2. The first kappa shape index (κ1) is 12.9. The molecule has 18 heavy (non-hydrogen) atoms. The number of nitrogens with one attached hydrogen (secondary N) is 1. The predicted octanol–water partition coefficient (Wildman–Crippen LogP) is 1.61. The van der Waals surface area contributed by atoms with Gasteiger partial charge in [-0.2, -0.15) is 0 Å². The molecule has 0 saturated heterocycles. The molecule has 2 rings (SSSR count). The Morgan fingerprint density at radius 2 is 2.11 bits per heavy atom. The van der Waals surface area contributed by atoms with Crippen LogP contribution in [0.3, 0.4) is 0 Å². The van der Waals surface area contributed by atoms with E-state index in [1.807, 2.05) is 13.0 Å². The average Bonchev–Trinajstić information content (AvgIpc) is 2.35. The van der Waals surface area contributed by atoms with E-state index in [4.69, 9.17) is 5.73 Å². The zero-order valence-corrected chi connectivity index (χ0v) is 10.6. The summed E-state index contributed by atoms with van der Waals surface area (Å²) in [5.41, 5.74) is 7.76. The number of aliphatic hydroxyl groups is 1. The highest BCUT2D eigenvalue weighted by molar-refractivity contribution is 5.96. The molecule has 0 radical (unpaired) electrons. The standard InChI is InChI=1S/C14H20N2O2/c1-9-6-7-10(15)8-11(9)14(18)16-12-4-2-3-5-13(12)17/h6-8,12-13,17H,2-5,15H2,1H3,(H,16,18). The van der Waals surface area contributed by atoms with E-state index in [9.17, 15) is 9.90 Å². The average molecular weight is 248 g/mol. The summed E-state index contributed by atoms with van der Waals surface area (Å²) in [5.74, 6) is -0.147. The van der Waals surface area contributed by atoms with Gasteiger partial charge in [0.25, 0.3) is 5.91 Å². The molecule has 1 saturated carbocycles. The van der Waals surface area contributed by atoms with Crippen molar-refractivity contribution in [3.63, 3.8) is 0 Å². The number of rotatable bonds is 2. The molecule has 98 valence electrons.